The third-order valence-corrected chi connectivity index (χ3v) is 5.30. The molecule has 8 nitrogen and oxygen atoms in total. The summed E-state index contributed by atoms with van der Waals surface area (Å²) in [5, 5.41) is 4.87. The summed E-state index contributed by atoms with van der Waals surface area (Å²) in [6.45, 7) is 2.50. The van der Waals surface area contributed by atoms with Gasteiger partial charge >= 0.3 is 5.97 Å². The fraction of sp³-hybridized carbons (Fsp3) is 0.529. The molecule has 1 aliphatic rings. The van der Waals surface area contributed by atoms with E-state index >= 15 is 0 Å². The minimum absolute atomic E-state index is 0.0202. The summed E-state index contributed by atoms with van der Waals surface area (Å²) in [5.41, 5.74) is 0.542. The molecular weight excluding hydrogens is 379 g/mol. The zero-order valence-corrected chi connectivity index (χ0v) is 15.8. The summed E-state index contributed by atoms with van der Waals surface area (Å²) in [5.74, 6) is -0.992. The molecule has 0 radical (unpaired) electrons. The lowest BCUT2D eigenvalue weighted by atomic mass is 10.0. The number of esters is 1. The Hall–Kier alpha value is -2.04. The molecule has 1 unspecified atom stereocenters. The molecule has 0 amide bonds. The van der Waals surface area contributed by atoms with Crippen molar-refractivity contribution in [1.29, 1.82) is 0 Å². The minimum atomic E-state index is -3.83. The molecule has 0 saturated heterocycles. The first-order valence-electron chi connectivity index (χ1n) is 8.43. The molecule has 3 N–H and O–H groups in total. The standard InChI is InChI=1S/C17H23FN2O6S/c1-17(5-7-26-16(22)11-21)9-13(17)4-6-25-15-8-12(2-3-14(15)18)10-20-27(19,23)24/h2-3,8,11,13,20H,4-7,9-10H2,1H3,(H2,19,23,24)/t13?,17-/m0/s1. The maximum absolute atomic E-state index is 13.8. The first kappa shape index (κ1) is 21.3. The van der Waals surface area contributed by atoms with E-state index in [1.54, 1.807) is 0 Å². The van der Waals surface area contributed by atoms with Crippen LogP contribution in [0.2, 0.25) is 0 Å². The lowest BCUT2D eigenvalue weighted by Crippen LogP contribution is -2.30. The molecule has 2 rings (SSSR count). The van der Waals surface area contributed by atoms with Crippen LogP contribution >= 0.6 is 0 Å². The molecule has 0 bridgehead atoms. The van der Waals surface area contributed by atoms with Crippen LogP contribution in [-0.4, -0.2) is 33.9 Å². The molecule has 0 spiro atoms. The van der Waals surface area contributed by atoms with Crippen molar-refractivity contribution in [2.24, 2.45) is 16.5 Å². The number of nitrogens with two attached hydrogens (primary N) is 1. The zero-order chi connectivity index (χ0) is 20.1. The number of halogens is 1. The van der Waals surface area contributed by atoms with Crippen LogP contribution in [0.3, 0.4) is 0 Å². The van der Waals surface area contributed by atoms with E-state index < -0.39 is 22.0 Å². The summed E-state index contributed by atoms with van der Waals surface area (Å²) >= 11 is 0. The Morgan fingerprint density at radius 2 is 2.19 bits per heavy atom. The van der Waals surface area contributed by atoms with Crippen molar-refractivity contribution in [1.82, 2.24) is 4.72 Å². The van der Waals surface area contributed by atoms with Crippen molar-refractivity contribution >= 4 is 22.5 Å². The Balaban J connectivity index is 1.77. The first-order chi connectivity index (χ1) is 12.6. The predicted octanol–water partition coefficient (Wildman–Crippen LogP) is 1.05. The molecular formula is C17H23FN2O6S. The molecule has 1 fully saturated rings. The normalized spacial score (nSPS) is 21.5. The minimum Gasteiger partial charge on any atom is -0.490 e. The van der Waals surface area contributed by atoms with E-state index in [-0.39, 0.29) is 30.6 Å². The van der Waals surface area contributed by atoms with Crippen LogP contribution in [0, 0.1) is 17.2 Å². The fourth-order valence-electron chi connectivity index (χ4n) is 2.94. The van der Waals surface area contributed by atoms with Gasteiger partial charge in [-0.1, -0.05) is 13.0 Å². The number of nitrogens with one attached hydrogen (secondary N) is 1. The topological polar surface area (TPSA) is 125 Å². The first-order valence-corrected chi connectivity index (χ1v) is 9.98. The van der Waals surface area contributed by atoms with Crippen molar-refractivity contribution < 1.29 is 31.9 Å². The van der Waals surface area contributed by atoms with Crippen LogP contribution in [0.25, 0.3) is 0 Å². The van der Waals surface area contributed by atoms with Crippen LogP contribution in [0.4, 0.5) is 4.39 Å². The van der Waals surface area contributed by atoms with Crippen molar-refractivity contribution in [2.45, 2.75) is 32.7 Å². The number of benzene rings is 1. The molecule has 2 atom stereocenters. The molecule has 0 aliphatic heterocycles. The van der Waals surface area contributed by atoms with Crippen LogP contribution in [0.1, 0.15) is 31.7 Å². The molecule has 0 aromatic heterocycles. The van der Waals surface area contributed by atoms with Gasteiger partial charge in [-0.2, -0.15) is 13.1 Å². The number of rotatable bonds is 11. The third-order valence-electron chi connectivity index (χ3n) is 4.75. The van der Waals surface area contributed by atoms with Crippen LogP contribution < -0.4 is 14.6 Å². The van der Waals surface area contributed by atoms with E-state index in [0.29, 0.717) is 30.9 Å². The molecule has 1 saturated carbocycles. The Morgan fingerprint density at radius 3 is 2.85 bits per heavy atom. The van der Waals surface area contributed by atoms with Gasteiger partial charge < -0.3 is 9.47 Å². The number of hydrogen-bond acceptors (Lipinski definition) is 6. The van der Waals surface area contributed by atoms with Gasteiger partial charge in [-0.15, -0.1) is 0 Å². The van der Waals surface area contributed by atoms with Crippen LogP contribution in [0.15, 0.2) is 18.2 Å². The fourth-order valence-corrected chi connectivity index (χ4v) is 3.31. The Bertz CT molecular complexity index is 801. The zero-order valence-electron chi connectivity index (χ0n) is 14.9. The number of ether oxygens (including phenoxy) is 2. The van der Waals surface area contributed by atoms with E-state index in [9.17, 15) is 22.4 Å². The summed E-state index contributed by atoms with van der Waals surface area (Å²) in [7, 11) is -3.83. The monoisotopic (exact) mass is 402 g/mol. The van der Waals surface area contributed by atoms with Crippen molar-refractivity contribution in [3.63, 3.8) is 0 Å². The van der Waals surface area contributed by atoms with Gasteiger partial charge in [-0.3, -0.25) is 4.79 Å². The van der Waals surface area contributed by atoms with Gasteiger partial charge in [-0.05, 0) is 48.3 Å². The quantitative estimate of drug-likeness (QED) is 0.324. The van der Waals surface area contributed by atoms with Gasteiger partial charge in [0.25, 0.3) is 10.2 Å². The van der Waals surface area contributed by atoms with Gasteiger partial charge in [0.15, 0.2) is 11.6 Å². The number of aldehydes is 1. The molecule has 1 aliphatic carbocycles. The van der Waals surface area contributed by atoms with Crippen molar-refractivity contribution in [3.8, 4) is 5.75 Å². The van der Waals surface area contributed by atoms with Gasteiger partial charge in [0.2, 0.25) is 6.29 Å². The van der Waals surface area contributed by atoms with Crippen LogP contribution in [-0.2, 0) is 31.1 Å². The second-order valence-corrected chi connectivity index (χ2v) is 8.24. The highest BCUT2D eigenvalue weighted by atomic mass is 32.2. The molecule has 0 heterocycles. The van der Waals surface area contributed by atoms with Crippen LogP contribution in [0.5, 0.6) is 5.75 Å². The lowest BCUT2D eigenvalue weighted by Gasteiger charge is -2.12. The Morgan fingerprint density at radius 1 is 1.44 bits per heavy atom. The SMILES string of the molecule is C[C@]1(CCOC(=O)C=O)CC1CCOc1cc(CNS(N)(=O)=O)ccc1F. The highest BCUT2D eigenvalue weighted by Gasteiger charge is 2.48. The summed E-state index contributed by atoms with van der Waals surface area (Å²) in [4.78, 5) is 21.0. The van der Waals surface area contributed by atoms with Gasteiger partial charge in [0.1, 0.15) is 0 Å². The maximum atomic E-state index is 13.8. The largest absolute Gasteiger partial charge is 0.490 e. The number of carbonyl (C=O) groups excluding carboxylic acids is 2. The van der Waals surface area contributed by atoms with E-state index in [0.717, 1.165) is 6.42 Å². The summed E-state index contributed by atoms with van der Waals surface area (Å²) < 4.78 is 48.1. The summed E-state index contributed by atoms with van der Waals surface area (Å²) in [6.07, 6.45) is 2.44. The third kappa shape index (κ3) is 6.89. The lowest BCUT2D eigenvalue weighted by molar-refractivity contribution is -0.149. The smallest absolute Gasteiger partial charge is 0.371 e. The van der Waals surface area contributed by atoms with E-state index in [1.807, 2.05) is 0 Å². The molecule has 1 aromatic rings. The second kappa shape index (κ2) is 8.77. The van der Waals surface area contributed by atoms with Gasteiger partial charge in [0.05, 0.1) is 13.2 Å². The average Bonchev–Trinajstić information content (AvgIpc) is 3.24. The number of carbonyl (C=O) groups is 2. The van der Waals surface area contributed by atoms with E-state index in [4.69, 9.17) is 14.6 Å². The molecule has 27 heavy (non-hydrogen) atoms. The Labute approximate surface area is 157 Å². The Kier molecular flexibility index (Phi) is 6.90. The summed E-state index contributed by atoms with van der Waals surface area (Å²) in [6, 6.07) is 4.08. The highest BCUT2D eigenvalue weighted by Crippen LogP contribution is 2.56. The second-order valence-electron chi connectivity index (χ2n) is 6.86. The van der Waals surface area contributed by atoms with Gasteiger partial charge in [0, 0.05) is 6.54 Å². The van der Waals surface area contributed by atoms with Gasteiger partial charge in [-0.25, -0.2) is 14.3 Å². The average molecular weight is 402 g/mol. The maximum Gasteiger partial charge on any atom is 0.371 e. The predicted molar refractivity (Wildman–Crippen MR) is 94.3 cm³/mol. The van der Waals surface area contributed by atoms with Crippen molar-refractivity contribution in [2.75, 3.05) is 13.2 Å². The van der Waals surface area contributed by atoms with E-state index in [1.165, 1.54) is 18.2 Å². The number of hydrogen-bond donors (Lipinski definition) is 2. The highest BCUT2D eigenvalue weighted by molar-refractivity contribution is 7.87. The molecule has 10 heteroatoms. The molecule has 150 valence electrons. The van der Waals surface area contributed by atoms with E-state index in [2.05, 4.69) is 11.6 Å². The van der Waals surface area contributed by atoms with Crippen molar-refractivity contribution in [3.05, 3.63) is 29.6 Å². The molecule has 1 aromatic carbocycles.